The maximum absolute atomic E-state index is 5.64. The molecular weight excluding hydrogens is 164 g/mol. The maximum Gasteiger partial charge on any atom is 0.192 e. The molecular formula is C9H18N4. The number of hydrogen-bond acceptors (Lipinski definition) is 2. The van der Waals surface area contributed by atoms with Gasteiger partial charge in [0.2, 0.25) is 0 Å². The SMILES string of the molecule is C/C(N)=C/NC(N)=NC1CCCC1. The van der Waals surface area contributed by atoms with Gasteiger partial charge in [-0.25, -0.2) is 4.99 Å². The van der Waals surface area contributed by atoms with Crippen molar-refractivity contribution in [3.8, 4) is 0 Å². The van der Waals surface area contributed by atoms with Gasteiger partial charge < -0.3 is 16.8 Å². The van der Waals surface area contributed by atoms with Crippen molar-refractivity contribution in [3.05, 3.63) is 11.9 Å². The third kappa shape index (κ3) is 3.83. The second kappa shape index (κ2) is 4.74. The quantitative estimate of drug-likeness (QED) is 0.433. The van der Waals surface area contributed by atoms with Gasteiger partial charge in [0.25, 0.3) is 0 Å². The summed E-state index contributed by atoms with van der Waals surface area (Å²) in [6.45, 7) is 1.80. The Hall–Kier alpha value is -1.19. The van der Waals surface area contributed by atoms with Crippen molar-refractivity contribution < 1.29 is 0 Å². The number of guanidine groups is 1. The van der Waals surface area contributed by atoms with E-state index in [1.807, 2.05) is 0 Å². The number of allylic oxidation sites excluding steroid dienone is 1. The van der Waals surface area contributed by atoms with E-state index in [2.05, 4.69) is 10.3 Å². The zero-order chi connectivity index (χ0) is 9.68. The van der Waals surface area contributed by atoms with E-state index in [1.165, 1.54) is 12.8 Å². The second-order valence-electron chi connectivity index (χ2n) is 3.49. The van der Waals surface area contributed by atoms with Crippen LogP contribution in [-0.4, -0.2) is 12.0 Å². The Morgan fingerprint density at radius 3 is 2.54 bits per heavy atom. The molecule has 0 aromatic carbocycles. The highest BCUT2D eigenvalue weighted by Gasteiger charge is 2.13. The highest BCUT2D eigenvalue weighted by molar-refractivity contribution is 5.79. The molecule has 0 aliphatic heterocycles. The Morgan fingerprint density at radius 2 is 2.00 bits per heavy atom. The molecule has 1 aliphatic carbocycles. The summed E-state index contributed by atoms with van der Waals surface area (Å²) in [5, 5.41) is 2.85. The number of nitrogens with zero attached hydrogens (tertiary/aromatic N) is 1. The predicted octanol–water partition coefficient (Wildman–Crippen LogP) is 0.653. The fourth-order valence-electron chi connectivity index (χ4n) is 1.46. The normalized spacial score (nSPS) is 20.7. The van der Waals surface area contributed by atoms with Crippen molar-refractivity contribution >= 4 is 5.96 Å². The van der Waals surface area contributed by atoms with Gasteiger partial charge in [0.1, 0.15) is 0 Å². The number of nitrogens with one attached hydrogen (secondary N) is 1. The minimum absolute atomic E-state index is 0.416. The largest absolute Gasteiger partial charge is 0.401 e. The molecule has 0 unspecified atom stereocenters. The van der Waals surface area contributed by atoms with Crippen LogP contribution in [0, 0.1) is 0 Å². The summed E-state index contributed by atoms with van der Waals surface area (Å²) in [5.41, 5.74) is 11.8. The molecule has 0 radical (unpaired) electrons. The van der Waals surface area contributed by atoms with Crippen LogP contribution in [0.3, 0.4) is 0 Å². The molecule has 0 saturated heterocycles. The highest BCUT2D eigenvalue weighted by atomic mass is 15.1. The van der Waals surface area contributed by atoms with E-state index in [4.69, 9.17) is 11.5 Å². The third-order valence-corrected chi connectivity index (χ3v) is 2.09. The second-order valence-corrected chi connectivity index (χ2v) is 3.49. The van der Waals surface area contributed by atoms with Crippen LogP contribution in [0.5, 0.6) is 0 Å². The topological polar surface area (TPSA) is 76.4 Å². The molecule has 0 spiro atoms. The van der Waals surface area contributed by atoms with E-state index in [0.717, 1.165) is 12.8 Å². The van der Waals surface area contributed by atoms with Crippen molar-refractivity contribution in [2.45, 2.75) is 38.6 Å². The third-order valence-electron chi connectivity index (χ3n) is 2.09. The summed E-state index contributed by atoms with van der Waals surface area (Å²) in [6, 6.07) is 0.416. The zero-order valence-corrected chi connectivity index (χ0v) is 8.09. The van der Waals surface area contributed by atoms with Crippen LogP contribution in [0.4, 0.5) is 0 Å². The smallest absolute Gasteiger partial charge is 0.192 e. The lowest BCUT2D eigenvalue weighted by atomic mass is 10.3. The molecule has 1 saturated carbocycles. The van der Waals surface area contributed by atoms with Gasteiger partial charge in [-0.05, 0) is 19.8 Å². The van der Waals surface area contributed by atoms with Crippen LogP contribution in [0.1, 0.15) is 32.6 Å². The summed E-state index contributed by atoms with van der Waals surface area (Å²) < 4.78 is 0. The van der Waals surface area contributed by atoms with Gasteiger partial charge in [-0.2, -0.15) is 0 Å². The molecule has 4 heteroatoms. The first-order valence-electron chi connectivity index (χ1n) is 4.70. The van der Waals surface area contributed by atoms with Gasteiger partial charge in [0.15, 0.2) is 5.96 Å². The Bertz CT molecular complexity index is 210. The molecule has 0 heterocycles. The monoisotopic (exact) mass is 182 g/mol. The molecule has 1 fully saturated rings. The Balaban J connectivity index is 2.36. The van der Waals surface area contributed by atoms with E-state index in [-0.39, 0.29) is 0 Å². The van der Waals surface area contributed by atoms with Crippen LogP contribution < -0.4 is 16.8 Å². The standard InChI is InChI=1S/C9H18N4/c1-7(10)6-12-9(11)13-8-4-2-3-5-8/h6,8H,2-5,10H2,1H3,(H3,11,12,13)/b7-6-. The van der Waals surface area contributed by atoms with Crippen LogP contribution in [0.25, 0.3) is 0 Å². The maximum atomic E-state index is 5.64. The van der Waals surface area contributed by atoms with Gasteiger partial charge in [0, 0.05) is 11.9 Å². The van der Waals surface area contributed by atoms with Gasteiger partial charge in [-0.3, -0.25) is 0 Å². The first-order valence-corrected chi connectivity index (χ1v) is 4.70. The van der Waals surface area contributed by atoms with Crippen molar-refractivity contribution in [2.24, 2.45) is 16.5 Å². The van der Waals surface area contributed by atoms with E-state index >= 15 is 0 Å². The molecule has 4 nitrogen and oxygen atoms in total. The predicted molar refractivity (Wildman–Crippen MR) is 55.0 cm³/mol. The summed E-state index contributed by atoms with van der Waals surface area (Å²) >= 11 is 0. The van der Waals surface area contributed by atoms with Crippen LogP contribution >= 0.6 is 0 Å². The molecule has 0 atom stereocenters. The molecule has 13 heavy (non-hydrogen) atoms. The fourth-order valence-corrected chi connectivity index (χ4v) is 1.46. The number of aliphatic imine (C=N–C) groups is 1. The lowest BCUT2D eigenvalue weighted by molar-refractivity contribution is 0.701. The van der Waals surface area contributed by atoms with Crippen LogP contribution in [0.15, 0.2) is 16.9 Å². The summed E-state index contributed by atoms with van der Waals surface area (Å²) in [5.74, 6) is 0.469. The van der Waals surface area contributed by atoms with Crippen molar-refractivity contribution in [1.82, 2.24) is 5.32 Å². The van der Waals surface area contributed by atoms with E-state index < -0.39 is 0 Å². The average molecular weight is 182 g/mol. The Labute approximate surface area is 79.1 Å². The fraction of sp³-hybridized carbons (Fsp3) is 0.667. The van der Waals surface area contributed by atoms with Crippen molar-refractivity contribution in [2.75, 3.05) is 0 Å². The molecule has 1 rings (SSSR count). The molecule has 74 valence electrons. The molecule has 1 aliphatic rings. The zero-order valence-electron chi connectivity index (χ0n) is 8.09. The first kappa shape index (κ1) is 9.89. The lowest BCUT2D eigenvalue weighted by Gasteiger charge is -2.05. The summed E-state index contributed by atoms with van der Waals surface area (Å²) in [7, 11) is 0. The molecule has 0 amide bonds. The van der Waals surface area contributed by atoms with Gasteiger partial charge in [-0.15, -0.1) is 0 Å². The average Bonchev–Trinajstić information content (AvgIpc) is 2.53. The van der Waals surface area contributed by atoms with Gasteiger partial charge in [-0.1, -0.05) is 12.8 Å². The van der Waals surface area contributed by atoms with Crippen molar-refractivity contribution in [3.63, 3.8) is 0 Å². The number of nitrogens with two attached hydrogens (primary N) is 2. The van der Waals surface area contributed by atoms with Gasteiger partial charge >= 0.3 is 0 Å². The molecule has 0 aromatic heterocycles. The molecule has 0 aromatic rings. The molecule has 5 N–H and O–H groups in total. The number of rotatable bonds is 2. The van der Waals surface area contributed by atoms with E-state index in [1.54, 1.807) is 13.1 Å². The minimum Gasteiger partial charge on any atom is -0.401 e. The van der Waals surface area contributed by atoms with Crippen molar-refractivity contribution in [1.29, 1.82) is 0 Å². The van der Waals surface area contributed by atoms with E-state index in [9.17, 15) is 0 Å². The minimum atomic E-state index is 0.416. The number of hydrogen-bond donors (Lipinski definition) is 3. The summed E-state index contributed by atoms with van der Waals surface area (Å²) in [6.07, 6.45) is 6.52. The molecule has 0 bridgehead atoms. The van der Waals surface area contributed by atoms with Crippen LogP contribution in [0.2, 0.25) is 0 Å². The van der Waals surface area contributed by atoms with E-state index in [0.29, 0.717) is 17.7 Å². The van der Waals surface area contributed by atoms with Gasteiger partial charge in [0.05, 0.1) is 6.04 Å². The summed E-state index contributed by atoms with van der Waals surface area (Å²) in [4.78, 5) is 4.33. The van der Waals surface area contributed by atoms with Crippen LogP contribution in [-0.2, 0) is 0 Å². The Kier molecular flexibility index (Phi) is 3.61. The highest BCUT2D eigenvalue weighted by Crippen LogP contribution is 2.20. The lowest BCUT2D eigenvalue weighted by Crippen LogP contribution is -2.29. The Morgan fingerprint density at radius 1 is 1.38 bits per heavy atom. The first-order chi connectivity index (χ1) is 6.18.